The van der Waals surface area contributed by atoms with Gasteiger partial charge in [-0.3, -0.25) is 0 Å². The van der Waals surface area contributed by atoms with Gasteiger partial charge in [0, 0.05) is 4.90 Å². The van der Waals surface area contributed by atoms with E-state index >= 15 is 0 Å². The molecule has 0 saturated carbocycles. The number of hydrogen-bond donors (Lipinski definition) is 0. The summed E-state index contributed by atoms with van der Waals surface area (Å²) in [7, 11) is 2.30. The standard InChI is InChI=1S/C7H9OPS2/c1-6-4-2-3-5-7(6)10-11-9-8/h2-5H,9H2,1H3. The second kappa shape index (κ2) is 4.91. The van der Waals surface area contributed by atoms with Crippen LogP contribution in [0.4, 0.5) is 0 Å². The molecule has 4 heteroatoms. The molecule has 0 aliphatic heterocycles. The molecule has 1 aromatic rings. The summed E-state index contributed by atoms with van der Waals surface area (Å²) < 4.78 is 10.2. The summed E-state index contributed by atoms with van der Waals surface area (Å²) in [6, 6.07) is 8.11. The Morgan fingerprint density at radius 2 is 2.09 bits per heavy atom. The second-order valence-corrected chi connectivity index (χ2v) is 6.42. The lowest BCUT2D eigenvalue weighted by molar-refractivity contribution is 0.605. The highest BCUT2D eigenvalue weighted by molar-refractivity contribution is 8.94. The van der Waals surface area contributed by atoms with Crippen molar-refractivity contribution < 1.29 is 4.57 Å². The van der Waals surface area contributed by atoms with E-state index in [0.29, 0.717) is 0 Å². The van der Waals surface area contributed by atoms with Gasteiger partial charge >= 0.3 is 0 Å². The zero-order valence-electron chi connectivity index (χ0n) is 6.11. The van der Waals surface area contributed by atoms with Gasteiger partial charge in [0.25, 0.3) is 0 Å². The molecule has 0 amide bonds. The van der Waals surface area contributed by atoms with Crippen LogP contribution in [0.25, 0.3) is 0 Å². The van der Waals surface area contributed by atoms with Gasteiger partial charge in [0.15, 0.2) is 0 Å². The maximum atomic E-state index is 10.2. The first-order valence-electron chi connectivity index (χ1n) is 3.17. The quantitative estimate of drug-likeness (QED) is 0.554. The van der Waals surface area contributed by atoms with E-state index in [1.807, 2.05) is 18.2 Å². The molecule has 0 aliphatic rings. The van der Waals surface area contributed by atoms with Crippen LogP contribution in [-0.4, -0.2) is 0 Å². The molecule has 0 heterocycles. The summed E-state index contributed by atoms with van der Waals surface area (Å²) in [6.07, 6.45) is 0. The van der Waals surface area contributed by atoms with Gasteiger partial charge in [-0.2, -0.15) is 0 Å². The third-order valence-corrected chi connectivity index (χ3v) is 4.72. The van der Waals surface area contributed by atoms with Gasteiger partial charge in [-0.15, -0.1) is 0 Å². The van der Waals surface area contributed by atoms with E-state index in [-0.39, 0.29) is 0 Å². The second-order valence-electron chi connectivity index (χ2n) is 2.04. The Morgan fingerprint density at radius 3 is 2.73 bits per heavy atom. The fraction of sp³-hybridized carbons (Fsp3) is 0.143. The molecular weight excluding hydrogens is 195 g/mol. The minimum atomic E-state index is -0.703. The molecule has 0 bridgehead atoms. The number of benzene rings is 1. The van der Waals surface area contributed by atoms with E-state index in [9.17, 15) is 4.57 Å². The molecule has 1 unspecified atom stereocenters. The van der Waals surface area contributed by atoms with Crippen LogP contribution in [0, 0.1) is 6.92 Å². The minimum absolute atomic E-state index is 0.703. The minimum Gasteiger partial charge on any atom is -0.318 e. The summed E-state index contributed by atoms with van der Waals surface area (Å²) in [5.41, 5.74) is 1.25. The molecular formula is C7H9OPS2. The Kier molecular flexibility index (Phi) is 4.13. The normalized spacial score (nSPS) is 11.0. The third kappa shape index (κ3) is 2.94. The fourth-order valence-electron chi connectivity index (χ4n) is 0.721. The van der Waals surface area contributed by atoms with Crippen LogP contribution in [0.15, 0.2) is 29.2 Å². The topological polar surface area (TPSA) is 17.1 Å². The molecule has 0 N–H and O–H groups in total. The lowest BCUT2D eigenvalue weighted by atomic mass is 10.2. The van der Waals surface area contributed by atoms with Crippen molar-refractivity contribution in [1.82, 2.24) is 0 Å². The molecule has 0 radical (unpaired) electrons. The Morgan fingerprint density at radius 1 is 1.36 bits per heavy atom. The first-order chi connectivity index (χ1) is 5.34. The van der Waals surface area contributed by atoms with Crippen molar-refractivity contribution in [2.45, 2.75) is 11.8 Å². The van der Waals surface area contributed by atoms with Crippen LogP contribution in [0.2, 0.25) is 0 Å². The molecule has 60 valence electrons. The molecule has 0 aromatic heterocycles. The van der Waals surface area contributed by atoms with E-state index in [1.165, 1.54) is 20.9 Å². The summed E-state index contributed by atoms with van der Waals surface area (Å²) >= 11 is 0. The van der Waals surface area contributed by atoms with Crippen LogP contribution in [0.1, 0.15) is 5.56 Å². The van der Waals surface area contributed by atoms with Gasteiger partial charge in [-0.25, -0.2) is 0 Å². The zero-order valence-corrected chi connectivity index (χ0v) is 8.90. The average Bonchev–Trinajstić information content (AvgIpc) is 2.03. The predicted octanol–water partition coefficient (Wildman–Crippen LogP) is 3.41. The zero-order chi connectivity index (χ0) is 8.10. The summed E-state index contributed by atoms with van der Waals surface area (Å²) in [5, 5.41) is 0. The van der Waals surface area contributed by atoms with E-state index in [2.05, 4.69) is 13.0 Å². The molecule has 0 saturated heterocycles. The van der Waals surface area contributed by atoms with Gasteiger partial charge in [-0.1, -0.05) is 29.0 Å². The maximum absolute atomic E-state index is 10.2. The smallest absolute Gasteiger partial charge is 0.126 e. The van der Waals surface area contributed by atoms with E-state index in [0.717, 1.165) is 0 Å². The Bertz CT molecular complexity index is 252. The van der Waals surface area contributed by atoms with E-state index in [1.54, 1.807) is 10.8 Å². The molecule has 1 rings (SSSR count). The van der Waals surface area contributed by atoms with E-state index in [4.69, 9.17) is 0 Å². The molecule has 0 aliphatic carbocycles. The third-order valence-electron chi connectivity index (χ3n) is 1.27. The molecule has 1 atom stereocenters. The van der Waals surface area contributed by atoms with Crippen molar-refractivity contribution >= 4 is 28.9 Å². The summed E-state index contributed by atoms with van der Waals surface area (Å²) in [6.45, 7) is 2.06. The first-order valence-corrected chi connectivity index (χ1v) is 7.27. The summed E-state index contributed by atoms with van der Waals surface area (Å²) in [5.74, 6) is 0. The van der Waals surface area contributed by atoms with Crippen LogP contribution in [-0.2, 0) is 4.57 Å². The SMILES string of the molecule is Cc1ccccc1SS[PH2]=O. The van der Waals surface area contributed by atoms with Crippen LogP contribution < -0.4 is 0 Å². The monoisotopic (exact) mass is 204 g/mol. The Balaban J connectivity index is 2.69. The largest absolute Gasteiger partial charge is 0.318 e. The van der Waals surface area contributed by atoms with Crippen molar-refractivity contribution in [3.8, 4) is 0 Å². The lowest BCUT2D eigenvalue weighted by Gasteiger charge is -1.99. The molecule has 1 nitrogen and oxygen atoms in total. The highest BCUT2D eigenvalue weighted by Gasteiger charge is 1.95. The van der Waals surface area contributed by atoms with Crippen LogP contribution >= 0.6 is 28.9 Å². The fourth-order valence-corrected chi connectivity index (χ4v) is 3.47. The summed E-state index contributed by atoms with van der Waals surface area (Å²) in [4.78, 5) is 1.21. The first kappa shape index (κ1) is 9.24. The van der Waals surface area contributed by atoms with Crippen LogP contribution in [0.5, 0.6) is 0 Å². The van der Waals surface area contributed by atoms with Gasteiger partial charge in [0.05, 0.1) is 0 Å². The lowest BCUT2D eigenvalue weighted by Crippen LogP contribution is -1.73. The number of aryl methyl sites for hydroxylation is 1. The highest BCUT2D eigenvalue weighted by atomic mass is 33.3. The molecule has 11 heavy (non-hydrogen) atoms. The Hall–Kier alpha value is 0.150. The van der Waals surface area contributed by atoms with Crippen molar-refractivity contribution in [2.75, 3.05) is 0 Å². The molecule has 1 aromatic carbocycles. The number of hydrogen-bond acceptors (Lipinski definition) is 3. The van der Waals surface area contributed by atoms with Gasteiger partial charge in [0.2, 0.25) is 0 Å². The van der Waals surface area contributed by atoms with Crippen molar-refractivity contribution in [3.63, 3.8) is 0 Å². The van der Waals surface area contributed by atoms with Gasteiger partial charge in [-0.05, 0) is 29.0 Å². The van der Waals surface area contributed by atoms with E-state index < -0.39 is 7.66 Å². The average molecular weight is 204 g/mol. The maximum Gasteiger partial charge on any atom is 0.126 e. The molecule has 0 fully saturated rings. The Labute approximate surface area is 75.3 Å². The number of rotatable bonds is 3. The predicted molar refractivity (Wildman–Crippen MR) is 55.0 cm³/mol. The van der Waals surface area contributed by atoms with Crippen molar-refractivity contribution in [3.05, 3.63) is 29.8 Å². The van der Waals surface area contributed by atoms with Gasteiger partial charge < -0.3 is 4.57 Å². The van der Waals surface area contributed by atoms with Crippen molar-refractivity contribution in [2.24, 2.45) is 0 Å². The van der Waals surface area contributed by atoms with Gasteiger partial charge in [0.1, 0.15) is 7.66 Å². The highest BCUT2D eigenvalue weighted by Crippen LogP contribution is 2.40. The molecule has 0 spiro atoms. The van der Waals surface area contributed by atoms with Crippen LogP contribution in [0.3, 0.4) is 0 Å². The van der Waals surface area contributed by atoms with Crippen molar-refractivity contribution in [1.29, 1.82) is 0 Å².